The summed E-state index contributed by atoms with van der Waals surface area (Å²) in [6.45, 7) is 2.53. The van der Waals surface area contributed by atoms with Crippen LogP contribution in [0.4, 0.5) is 0 Å². The molecule has 0 aromatic carbocycles. The molecule has 1 amide bonds. The maximum absolute atomic E-state index is 10.8. The largest absolute Gasteiger partial charge is 0.353 e. The number of hydrogen-bond donors (Lipinski definition) is 1. The fourth-order valence-corrected chi connectivity index (χ4v) is 0.774. The summed E-state index contributed by atoms with van der Waals surface area (Å²) in [6.07, 6.45) is 11.0. The van der Waals surface area contributed by atoms with Crippen LogP contribution in [0.1, 0.15) is 26.2 Å². The molecule has 0 aliphatic rings. The van der Waals surface area contributed by atoms with Gasteiger partial charge in [0, 0.05) is 13.0 Å². The molecule has 0 aliphatic carbocycles. The van der Waals surface area contributed by atoms with Crippen LogP contribution in [-0.4, -0.2) is 12.5 Å². The first-order valence-corrected chi connectivity index (χ1v) is 4.15. The van der Waals surface area contributed by atoms with Gasteiger partial charge in [-0.2, -0.15) is 0 Å². The Balaban J connectivity index is 3.21. The fourth-order valence-electron chi connectivity index (χ4n) is 0.774. The normalized spacial score (nSPS) is 9.67. The van der Waals surface area contributed by atoms with Crippen molar-refractivity contribution in [3.8, 4) is 12.3 Å². The summed E-state index contributed by atoms with van der Waals surface area (Å²) in [5.74, 6) is 2.52. The average Bonchev–Trinajstić information content (AvgIpc) is 2.05. The average molecular weight is 165 g/mol. The molecule has 0 fully saturated rings. The van der Waals surface area contributed by atoms with Gasteiger partial charge >= 0.3 is 0 Å². The van der Waals surface area contributed by atoms with E-state index in [1.165, 1.54) is 6.08 Å². The molecular formula is C10H15NO. The first-order valence-electron chi connectivity index (χ1n) is 4.15. The SMILES string of the molecule is C#CCCCCNC(=O)/C=C/C. The number of carbonyl (C=O) groups excluding carboxylic acids is 1. The number of rotatable bonds is 5. The predicted octanol–water partition coefficient (Wildman–Crippen LogP) is 1.48. The monoisotopic (exact) mass is 165 g/mol. The van der Waals surface area contributed by atoms with Gasteiger partial charge in [-0.3, -0.25) is 4.79 Å². The lowest BCUT2D eigenvalue weighted by atomic mass is 10.2. The predicted molar refractivity (Wildman–Crippen MR) is 50.5 cm³/mol. The molecule has 0 bridgehead atoms. The van der Waals surface area contributed by atoms with Crippen molar-refractivity contribution in [2.75, 3.05) is 6.54 Å². The van der Waals surface area contributed by atoms with Gasteiger partial charge in [0.05, 0.1) is 0 Å². The number of amides is 1. The van der Waals surface area contributed by atoms with E-state index < -0.39 is 0 Å². The summed E-state index contributed by atoms with van der Waals surface area (Å²) in [7, 11) is 0. The third-order valence-corrected chi connectivity index (χ3v) is 1.37. The van der Waals surface area contributed by atoms with Gasteiger partial charge in [0.15, 0.2) is 0 Å². The number of nitrogens with one attached hydrogen (secondary N) is 1. The van der Waals surface area contributed by atoms with Gasteiger partial charge in [0.2, 0.25) is 5.91 Å². The molecule has 0 saturated carbocycles. The zero-order chi connectivity index (χ0) is 9.23. The Morgan fingerprint density at radius 2 is 2.33 bits per heavy atom. The van der Waals surface area contributed by atoms with Crippen LogP contribution in [-0.2, 0) is 4.79 Å². The maximum atomic E-state index is 10.8. The van der Waals surface area contributed by atoms with E-state index in [4.69, 9.17) is 6.42 Å². The van der Waals surface area contributed by atoms with Gasteiger partial charge in [-0.15, -0.1) is 12.3 Å². The molecule has 0 unspecified atom stereocenters. The second-order valence-electron chi connectivity index (χ2n) is 2.45. The lowest BCUT2D eigenvalue weighted by Gasteiger charge is -1.99. The molecule has 1 N–H and O–H groups in total. The molecule has 0 heterocycles. The van der Waals surface area contributed by atoms with E-state index in [9.17, 15) is 4.79 Å². The van der Waals surface area contributed by atoms with Gasteiger partial charge in [-0.25, -0.2) is 0 Å². The van der Waals surface area contributed by atoms with Crippen LogP contribution in [0.3, 0.4) is 0 Å². The second kappa shape index (κ2) is 7.87. The van der Waals surface area contributed by atoms with Crippen molar-refractivity contribution in [3.63, 3.8) is 0 Å². The summed E-state index contributed by atoms with van der Waals surface area (Å²) in [4.78, 5) is 10.8. The number of unbranched alkanes of at least 4 members (excludes halogenated alkanes) is 2. The molecule has 0 atom stereocenters. The van der Waals surface area contributed by atoms with Crippen molar-refractivity contribution in [1.29, 1.82) is 0 Å². The molecule has 12 heavy (non-hydrogen) atoms. The molecule has 0 radical (unpaired) electrons. The number of terminal acetylenes is 1. The maximum Gasteiger partial charge on any atom is 0.243 e. The first-order chi connectivity index (χ1) is 5.81. The van der Waals surface area contributed by atoms with Crippen LogP contribution in [0, 0.1) is 12.3 Å². The minimum absolute atomic E-state index is 0.0294. The Labute approximate surface area is 74.0 Å². The molecular weight excluding hydrogens is 150 g/mol. The second-order valence-corrected chi connectivity index (χ2v) is 2.45. The van der Waals surface area contributed by atoms with Crippen molar-refractivity contribution < 1.29 is 4.79 Å². The van der Waals surface area contributed by atoms with Gasteiger partial charge in [0.25, 0.3) is 0 Å². The third-order valence-electron chi connectivity index (χ3n) is 1.37. The van der Waals surface area contributed by atoms with E-state index in [0.717, 1.165) is 19.3 Å². The molecule has 0 aromatic heterocycles. The van der Waals surface area contributed by atoms with E-state index in [0.29, 0.717) is 6.54 Å². The van der Waals surface area contributed by atoms with E-state index in [1.54, 1.807) is 6.08 Å². The Bertz CT molecular complexity index is 189. The number of hydrogen-bond acceptors (Lipinski definition) is 1. The van der Waals surface area contributed by atoms with Gasteiger partial charge < -0.3 is 5.32 Å². The molecule has 2 nitrogen and oxygen atoms in total. The topological polar surface area (TPSA) is 29.1 Å². The molecule has 0 saturated heterocycles. The van der Waals surface area contributed by atoms with Crippen molar-refractivity contribution >= 4 is 5.91 Å². The Morgan fingerprint density at radius 3 is 2.92 bits per heavy atom. The minimum Gasteiger partial charge on any atom is -0.353 e. The Hall–Kier alpha value is -1.23. The van der Waals surface area contributed by atoms with Crippen molar-refractivity contribution in [3.05, 3.63) is 12.2 Å². The van der Waals surface area contributed by atoms with Crippen LogP contribution < -0.4 is 5.32 Å². The van der Waals surface area contributed by atoms with Gasteiger partial charge in [-0.1, -0.05) is 6.08 Å². The highest BCUT2D eigenvalue weighted by Crippen LogP contribution is 1.90. The summed E-state index contributed by atoms with van der Waals surface area (Å²) in [5.41, 5.74) is 0. The van der Waals surface area contributed by atoms with Crippen LogP contribution in [0.5, 0.6) is 0 Å². The smallest absolute Gasteiger partial charge is 0.243 e. The highest BCUT2D eigenvalue weighted by Gasteiger charge is 1.91. The third kappa shape index (κ3) is 6.88. The highest BCUT2D eigenvalue weighted by molar-refractivity contribution is 5.87. The van der Waals surface area contributed by atoms with Crippen LogP contribution in [0.2, 0.25) is 0 Å². The Kier molecular flexibility index (Phi) is 7.07. The minimum atomic E-state index is -0.0294. The van der Waals surface area contributed by atoms with E-state index in [2.05, 4.69) is 11.2 Å². The highest BCUT2D eigenvalue weighted by atomic mass is 16.1. The Morgan fingerprint density at radius 1 is 1.58 bits per heavy atom. The van der Waals surface area contributed by atoms with Crippen LogP contribution in [0.25, 0.3) is 0 Å². The van der Waals surface area contributed by atoms with E-state index in [-0.39, 0.29) is 5.91 Å². The molecule has 2 heteroatoms. The standard InChI is InChI=1S/C10H15NO/c1-3-5-6-7-9-11-10(12)8-4-2/h1,4,8H,5-7,9H2,2H3,(H,11,12)/b8-4+. The first kappa shape index (κ1) is 10.8. The van der Waals surface area contributed by atoms with E-state index >= 15 is 0 Å². The van der Waals surface area contributed by atoms with Gasteiger partial charge in [-0.05, 0) is 25.8 Å². The lowest BCUT2D eigenvalue weighted by Crippen LogP contribution is -2.21. The van der Waals surface area contributed by atoms with Crippen molar-refractivity contribution in [1.82, 2.24) is 5.32 Å². The van der Waals surface area contributed by atoms with Crippen molar-refractivity contribution in [2.45, 2.75) is 26.2 Å². The summed E-state index contributed by atoms with van der Waals surface area (Å²) < 4.78 is 0. The molecule has 0 spiro atoms. The quantitative estimate of drug-likeness (QED) is 0.373. The lowest BCUT2D eigenvalue weighted by molar-refractivity contribution is -0.116. The fraction of sp³-hybridized carbons (Fsp3) is 0.500. The summed E-state index contributed by atoms with van der Waals surface area (Å²) in [6, 6.07) is 0. The number of carbonyl (C=O) groups is 1. The molecule has 66 valence electrons. The molecule has 0 aromatic rings. The van der Waals surface area contributed by atoms with Crippen LogP contribution in [0.15, 0.2) is 12.2 Å². The van der Waals surface area contributed by atoms with Crippen molar-refractivity contribution in [2.24, 2.45) is 0 Å². The van der Waals surface area contributed by atoms with E-state index in [1.807, 2.05) is 6.92 Å². The summed E-state index contributed by atoms with van der Waals surface area (Å²) in [5, 5.41) is 2.75. The molecule has 0 rings (SSSR count). The molecule has 0 aliphatic heterocycles. The zero-order valence-electron chi connectivity index (χ0n) is 7.47. The summed E-state index contributed by atoms with van der Waals surface area (Å²) >= 11 is 0. The van der Waals surface area contributed by atoms with Crippen LogP contribution >= 0.6 is 0 Å². The van der Waals surface area contributed by atoms with Gasteiger partial charge in [0.1, 0.15) is 0 Å². The zero-order valence-corrected chi connectivity index (χ0v) is 7.47. The number of allylic oxidation sites excluding steroid dienone is 1.